The zero-order valence-corrected chi connectivity index (χ0v) is 10.7. The number of aromatic nitrogens is 3. The van der Waals surface area contributed by atoms with Crippen LogP contribution in [0.1, 0.15) is 13.3 Å². The van der Waals surface area contributed by atoms with Gasteiger partial charge in [0.05, 0.1) is 6.61 Å². The first-order valence-electron chi connectivity index (χ1n) is 5.94. The summed E-state index contributed by atoms with van der Waals surface area (Å²) in [6, 6.07) is 3.03. The lowest BCUT2D eigenvalue weighted by atomic mass is 10.3. The summed E-state index contributed by atoms with van der Waals surface area (Å²) in [7, 11) is 0. The largest absolute Gasteiger partial charge is 0.463 e. The van der Waals surface area contributed by atoms with Gasteiger partial charge in [-0.3, -0.25) is 0 Å². The number of anilines is 3. The van der Waals surface area contributed by atoms with Crippen LogP contribution in [0.25, 0.3) is 0 Å². The summed E-state index contributed by atoms with van der Waals surface area (Å²) >= 11 is 0. The van der Waals surface area contributed by atoms with Crippen LogP contribution in [0.15, 0.2) is 18.2 Å². The second kappa shape index (κ2) is 6.09. The molecule has 0 saturated carbocycles. The third-order valence-corrected chi connectivity index (χ3v) is 2.19. The number of nitrogens with zero attached hydrogens (tertiary/aromatic N) is 3. The zero-order chi connectivity index (χ0) is 14.5. The molecule has 6 nitrogen and oxygen atoms in total. The van der Waals surface area contributed by atoms with Crippen molar-refractivity contribution in [1.82, 2.24) is 15.0 Å². The van der Waals surface area contributed by atoms with Gasteiger partial charge >= 0.3 is 6.01 Å². The van der Waals surface area contributed by atoms with Gasteiger partial charge in [-0.05, 0) is 18.6 Å². The Morgan fingerprint density at radius 1 is 1.15 bits per heavy atom. The summed E-state index contributed by atoms with van der Waals surface area (Å²) in [5, 5.41) is 2.64. The maximum atomic E-state index is 13.1. The molecule has 8 heteroatoms. The lowest BCUT2D eigenvalue weighted by molar-refractivity contribution is 0.292. The first-order chi connectivity index (χ1) is 9.56. The molecule has 0 aliphatic heterocycles. The van der Waals surface area contributed by atoms with Crippen LogP contribution in [0.5, 0.6) is 6.01 Å². The molecule has 0 bridgehead atoms. The summed E-state index contributed by atoms with van der Waals surface area (Å²) in [5.41, 5.74) is 5.68. The van der Waals surface area contributed by atoms with Gasteiger partial charge < -0.3 is 15.8 Å². The highest BCUT2D eigenvalue weighted by Gasteiger charge is 2.07. The van der Waals surface area contributed by atoms with Crippen LogP contribution in [0.4, 0.5) is 26.4 Å². The Morgan fingerprint density at radius 2 is 1.85 bits per heavy atom. The fourth-order valence-electron chi connectivity index (χ4n) is 1.44. The third kappa shape index (κ3) is 3.74. The molecule has 1 aromatic heterocycles. The van der Waals surface area contributed by atoms with Gasteiger partial charge in [-0.25, -0.2) is 8.78 Å². The second-order valence-corrected chi connectivity index (χ2v) is 3.93. The van der Waals surface area contributed by atoms with E-state index in [0.29, 0.717) is 6.61 Å². The van der Waals surface area contributed by atoms with Crippen molar-refractivity contribution in [3.05, 3.63) is 29.8 Å². The molecule has 0 saturated heterocycles. The van der Waals surface area contributed by atoms with E-state index in [-0.39, 0.29) is 23.6 Å². The van der Waals surface area contributed by atoms with Crippen molar-refractivity contribution in [2.75, 3.05) is 17.7 Å². The SMILES string of the molecule is CCCOc1nc(N)nc(Nc2cc(F)cc(F)c2)n1. The van der Waals surface area contributed by atoms with Crippen molar-refractivity contribution < 1.29 is 13.5 Å². The van der Waals surface area contributed by atoms with Gasteiger partial charge in [-0.15, -0.1) is 0 Å². The molecule has 0 amide bonds. The molecule has 0 fully saturated rings. The highest BCUT2D eigenvalue weighted by atomic mass is 19.1. The standard InChI is InChI=1S/C12H13F2N5O/c1-2-3-20-12-18-10(15)17-11(19-12)16-9-5-7(13)4-8(14)6-9/h4-6H,2-3H2,1H3,(H3,15,16,17,18,19). The highest BCUT2D eigenvalue weighted by molar-refractivity contribution is 5.54. The number of halogens is 2. The van der Waals surface area contributed by atoms with Crippen LogP contribution in [0.2, 0.25) is 0 Å². The Labute approximate surface area is 114 Å². The molecule has 0 radical (unpaired) electrons. The number of hydrogen-bond acceptors (Lipinski definition) is 6. The second-order valence-electron chi connectivity index (χ2n) is 3.93. The molecule has 106 valence electrons. The predicted octanol–water partition coefficient (Wildman–Crippen LogP) is 2.26. The van der Waals surface area contributed by atoms with E-state index in [0.717, 1.165) is 24.6 Å². The van der Waals surface area contributed by atoms with Crippen LogP contribution >= 0.6 is 0 Å². The molecule has 1 aromatic carbocycles. The molecule has 0 aliphatic rings. The van der Waals surface area contributed by atoms with Crippen molar-refractivity contribution in [2.45, 2.75) is 13.3 Å². The summed E-state index contributed by atoms with van der Waals surface area (Å²) in [6.45, 7) is 2.36. The number of nitrogen functional groups attached to an aromatic ring is 1. The Hall–Kier alpha value is -2.51. The van der Waals surface area contributed by atoms with Crippen LogP contribution in [-0.2, 0) is 0 Å². The van der Waals surface area contributed by atoms with Gasteiger partial charge in [-0.2, -0.15) is 15.0 Å². The average Bonchev–Trinajstić information content (AvgIpc) is 2.34. The Morgan fingerprint density at radius 3 is 2.50 bits per heavy atom. The topological polar surface area (TPSA) is 86.0 Å². The normalized spacial score (nSPS) is 10.3. The van der Waals surface area contributed by atoms with Gasteiger partial charge in [-0.1, -0.05) is 6.92 Å². The highest BCUT2D eigenvalue weighted by Crippen LogP contribution is 2.18. The molecule has 20 heavy (non-hydrogen) atoms. The maximum absolute atomic E-state index is 13.1. The van der Waals surface area contributed by atoms with Crippen LogP contribution in [0, 0.1) is 11.6 Å². The fourth-order valence-corrected chi connectivity index (χ4v) is 1.44. The van der Waals surface area contributed by atoms with Crippen LogP contribution < -0.4 is 15.8 Å². The molecule has 1 heterocycles. The number of nitrogens with two attached hydrogens (primary N) is 1. The van der Waals surface area contributed by atoms with E-state index >= 15 is 0 Å². The number of nitrogens with one attached hydrogen (secondary N) is 1. The molecule has 0 aliphatic carbocycles. The van der Waals surface area contributed by atoms with Gasteiger partial charge in [0, 0.05) is 11.8 Å². The lowest BCUT2D eigenvalue weighted by Crippen LogP contribution is -2.07. The number of hydrogen-bond donors (Lipinski definition) is 2. The quantitative estimate of drug-likeness (QED) is 0.874. The van der Waals surface area contributed by atoms with Crippen molar-refractivity contribution in [1.29, 1.82) is 0 Å². The molecular formula is C12H13F2N5O. The number of benzene rings is 1. The molecule has 0 spiro atoms. The van der Waals surface area contributed by atoms with E-state index in [1.165, 1.54) is 0 Å². The summed E-state index contributed by atoms with van der Waals surface area (Å²) in [6.07, 6.45) is 0.781. The van der Waals surface area contributed by atoms with Crippen LogP contribution in [-0.4, -0.2) is 21.6 Å². The minimum absolute atomic E-state index is 0.0496. The average molecular weight is 281 g/mol. The van der Waals surface area contributed by atoms with Crippen LogP contribution in [0.3, 0.4) is 0 Å². The predicted molar refractivity (Wildman–Crippen MR) is 69.7 cm³/mol. The van der Waals surface area contributed by atoms with E-state index in [4.69, 9.17) is 10.5 Å². The van der Waals surface area contributed by atoms with Gasteiger partial charge in [0.1, 0.15) is 11.6 Å². The zero-order valence-electron chi connectivity index (χ0n) is 10.7. The maximum Gasteiger partial charge on any atom is 0.323 e. The molecule has 2 rings (SSSR count). The van der Waals surface area contributed by atoms with Gasteiger partial charge in [0.2, 0.25) is 11.9 Å². The van der Waals surface area contributed by atoms with E-state index in [1.54, 1.807) is 0 Å². The Balaban J connectivity index is 2.21. The molecule has 3 N–H and O–H groups in total. The molecule has 2 aromatic rings. The summed E-state index contributed by atoms with van der Waals surface area (Å²) < 4.78 is 31.4. The number of ether oxygens (including phenoxy) is 1. The lowest BCUT2D eigenvalue weighted by Gasteiger charge is -2.08. The van der Waals surface area contributed by atoms with Crippen molar-refractivity contribution in [2.24, 2.45) is 0 Å². The Kier molecular flexibility index (Phi) is 4.24. The fraction of sp³-hybridized carbons (Fsp3) is 0.250. The van der Waals surface area contributed by atoms with E-state index in [1.807, 2.05) is 6.92 Å². The Bertz CT molecular complexity index is 588. The monoisotopic (exact) mass is 281 g/mol. The molecule has 0 unspecified atom stereocenters. The summed E-state index contributed by atoms with van der Waals surface area (Å²) in [4.78, 5) is 11.6. The first-order valence-corrected chi connectivity index (χ1v) is 5.94. The summed E-state index contributed by atoms with van der Waals surface area (Å²) in [5.74, 6) is -1.42. The minimum atomic E-state index is -0.711. The smallest absolute Gasteiger partial charge is 0.323 e. The van der Waals surface area contributed by atoms with E-state index in [9.17, 15) is 8.78 Å². The third-order valence-electron chi connectivity index (χ3n) is 2.19. The minimum Gasteiger partial charge on any atom is -0.463 e. The van der Waals surface area contributed by atoms with Crippen molar-refractivity contribution >= 4 is 17.6 Å². The van der Waals surface area contributed by atoms with Crippen molar-refractivity contribution in [3.63, 3.8) is 0 Å². The van der Waals surface area contributed by atoms with Gasteiger partial charge in [0.15, 0.2) is 0 Å². The number of rotatable bonds is 5. The first kappa shape index (κ1) is 13.9. The van der Waals surface area contributed by atoms with Gasteiger partial charge in [0.25, 0.3) is 0 Å². The van der Waals surface area contributed by atoms with E-state index in [2.05, 4.69) is 20.3 Å². The molecule has 0 atom stereocenters. The van der Waals surface area contributed by atoms with Crippen molar-refractivity contribution in [3.8, 4) is 6.01 Å². The van der Waals surface area contributed by atoms with E-state index < -0.39 is 11.6 Å². The molecular weight excluding hydrogens is 268 g/mol.